The number of aromatic nitrogens is 2. The average Bonchev–Trinajstić information content (AvgIpc) is 2.82. The fourth-order valence-electron chi connectivity index (χ4n) is 3.34. The highest BCUT2D eigenvalue weighted by atomic mass is 35.5. The molecule has 14 heteroatoms. The molecule has 2 aromatic carbocycles. The first kappa shape index (κ1) is 27.7. The minimum absolute atomic E-state index is 0.00664. The molecule has 0 saturated heterocycles. The van der Waals surface area contributed by atoms with Gasteiger partial charge in [0.2, 0.25) is 6.10 Å². The van der Waals surface area contributed by atoms with Crippen LogP contribution in [0.3, 0.4) is 0 Å². The van der Waals surface area contributed by atoms with Crippen LogP contribution >= 0.6 is 11.6 Å². The Balaban J connectivity index is 2.13. The second-order valence-corrected chi connectivity index (χ2v) is 7.84. The van der Waals surface area contributed by atoms with Gasteiger partial charge in [0, 0.05) is 19.7 Å². The van der Waals surface area contributed by atoms with E-state index < -0.39 is 52.1 Å². The maximum atomic E-state index is 14.9. The molecule has 37 heavy (non-hydrogen) atoms. The van der Waals surface area contributed by atoms with Gasteiger partial charge in [-0.2, -0.15) is 13.2 Å². The summed E-state index contributed by atoms with van der Waals surface area (Å²) in [5.41, 5.74) is -6.45. The Morgan fingerprint density at radius 1 is 1.11 bits per heavy atom. The highest BCUT2D eigenvalue weighted by molar-refractivity contribution is 6.32. The van der Waals surface area contributed by atoms with Crippen LogP contribution in [0.4, 0.5) is 17.6 Å². The molecule has 1 atom stereocenters. The lowest BCUT2D eigenvalue weighted by Crippen LogP contribution is -2.35. The van der Waals surface area contributed by atoms with E-state index >= 15 is 0 Å². The van der Waals surface area contributed by atoms with E-state index in [9.17, 15) is 31.9 Å². The van der Waals surface area contributed by atoms with Gasteiger partial charge in [0.05, 0.1) is 24.3 Å². The molecule has 3 rings (SSSR count). The number of rotatable bonds is 8. The fourth-order valence-corrected chi connectivity index (χ4v) is 3.53. The van der Waals surface area contributed by atoms with Gasteiger partial charge in [-0.05, 0) is 24.3 Å². The summed E-state index contributed by atoms with van der Waals surface area (Å²) in [6.45, 7) is -0.182. The van der Waals surface area contributed by atoms with Crippen molar-refractivity contribution in [3.8, 4) is 28.4 Å². The Hall–Kier alpha value is -3.84. The second-order valence-electron chi connectivity index (χ2n) is 7.44. The monoisotopic (exact) mass is 546 g/mol. The number of hydrogen-bond acceptors (Lipinski definition) is 7. The molecule has 1 unspecified atom stereocenters. The van der Waals surface area contributed by atoms with Crippen LogP contribution in [-0.2, 0) is 27.5 Å². The number of alkyl halides is 3. The highest BCUT2D eigenvalue weighted by Crippen LogP contribution is 2.41. The molecule has 0 aliphatic heterocycles. The number of halogens is 5. The highest BCUT2D eigenvalue weighted by Gasteiger charge is 2.39. The van der Waals surface area contributed by atoms with Crippen molar-refractivity contribution in [1.82, 2.24) is 9.55 Å². The Labute approximate surface area is 211 Å². The van der Waals surface area contributed by atoms with E-state index in [-0.39, 0.29) is 33.4 Å². The van der Waals surface area contributed by atoms with Crippen LogP contribution in [0.5, 0.6) is 17.2 Å². The third kappa shape index (κ3) is 5.94. The fraction of sp³-hybridized carbons (Fsp3) is 0.261. The number of nitrogens with one attached hydrogen (secondary N) is 1. The normalized spacial score (nSPS) is 12.2. The van der Waals surface area contributed by atoms with Crippen LogP contribution in [0.15, 0.2) is 46.0 Å². The van der Waals surface area contributed by atoms with Gasteiger partial charge in [0.25, 0.3) is 5.56 Å². The first-order chi connectivity index (χ1) is 17.4. The second kappa shape index (κ2) is 11.0. The molecule has 198 valence electrons. The Kier molecular flexibility index (Phi) is 8.28. The standard InChI is InChI=1S/C23H19ClF4N2O7/c1-30-19(23(26,27)28)18(20(31)29-22(30)33)11-8-16(12(24)9-13(11)25)36-14-6-4-5-7-15(14)37-17(10-34-2)21(32)35-3/h4-9,17H,10H2,1-3H3,(H,29,31,33). The summed E-state index contributed by atoms with van der Waals surface area (Å²) >= 11 is 6.08. The van der Waals surface area contributed by atoms with E-state index in [0.29, 0.717) is 6.07 Å². The molecule has 1 heterocycles. The summed E-state index contributed by atoms with van der Waals surface area (Å²) in [6, 6.07) is 7.30. The number of carbonyl (C=O) groups excluding carboxylic acids is 1. The molecule has 0 spiro atoms. The largest absolute Gasteiger partial charge is 0.472 e. The van der Waals surface area contributed by atoms with E-state index in [1.54, 1.807) is 11.1 Å². The third-order valence-corrected chi connectivity index (χ3v) is 5.30. The van der Waals surface area contributed by atoms with E-state index in [1.165, 1.54) is 25.3 Å². The number of benzene rings is 2. The van der Waals surface area contributed by atoms with Gasteiger partial charge in [0.1, 0.15) is 17.3 Å². The molecular formula is C23H19ClF4N2O7. The van der Waals surface area contributed by atoms with Crippen LogP contribution in [0.2, 0.25) is 5.02 Å². The van der Waals surface area contributed by atoms with Crippen LogP contribution < -0.4 is 20.7 Å². The smallest absolute Gasteiger partial charge is 0.432 e. The zero-order chi connectivity index (χ0) is 27.5. The van der Waals surface area contributed by atoms with E-state index in [4.69, 9.17) is 25.8 Å². The first-order valence-corrected chi connectivity index (χ1v) is 10.7. The van der Waals surface area contributed by atoms with Crippen molar-refractivity contribution in [1.29, 1.82) is 0 Å². The molecule has 0 aliphatic carbocycles. The molecular weight excluding hydrogens is 528 g/mol. The molecule has 0 bridgehead atoms. The number of aromatic amines is 1. The van der Waals surface area contributed by atoms with Gasteiger partial charge in [-0.15, -0.1) is 0 Å². The van der Waals surface area contributed by atoms with Crippen molar-refractivity contribution >= 4 is 17.6 Å². The van der Waals surface area contributed by atoms with Gasteiger partial charge >= 0.3 is 17.8 Å². The minimum Gasteiger partial charge on any atom is -0.472 e. The lowest BCUT2D eigenvalue weighted by Gasteiger charge is -2.19. The number of esters is 1. The number of hydrogen-bond donors (Lipinski definition) is 1. The van der Waals surface area contributed by atoms with Crippen molar-refractivity contribution in [2.24, 2.45) is 7.05 Å². The number of methoxy groups -OCH3 is 2. The zero-order valence-corrected chi connectivity index (χ0v) is 20.2. The maximum Gasteiger partial charge on any atom is 0.432 e. The van der Waals surface area contributed by atoms with Crippen molar-refractivity contribution in [2.75, 3.05) is 20.8 Å². The summed E-state index contributed by atoms with van der Waals surface area (Å²) in [6.07, 6.45) is -6.38. The van der Waals surface area contributed by atoms with Gasteiger partial charge in [0.15, 0.2) is 11.5 Å². The predicted octanol–water partition coefficient (Wildman–Crippen LogP) is 3.91. The summed E-state index contributed by atoms with van der Waals surface area (Å²) in [5, 5.41) is -0.354. The topological polar surface area (TPSA) is 109 Å². The van der Waals surface area contributed by atoms with E-state index in [1.807, 2.05) is 0 Å². The third-order valence-electron chi connectivity index (χ3n) is 5.00. The van der Waals surface area contributed by atoms with Crippen LogP contribution in [-0.4, -0.2) is 42.5 Å². The minimum atomic E-state index is -5.19. The summed E-state index contributed by atoms with van der Waals surface area (Å²) in [4.78, 5) is 37.9. The Morgan fingerprint density at radius 2 is 1.76 bits per heavy atom. The molecule has 9 nitrogen and oxygen atoms in total. The zero-order valence-electron chi connectivity index (χ0n) is 19.4. The predicted molar refractivity (Wildman–Crippen MR) is 123 cm³/mol. The number of nitrogens with zero attached hydrogens (tertiary/aromatic N) is 1. The van der Waals surface area contributed by atoms with E-state index in [0.717, 1.165) is 20.2 Å². The maximum absolute atomic E-state index is 14.9. The number of ether oxygens (including phenoxy) is 4. The lowest BCUT2D eigenvalue weighted by atomic mass is 10.0. The van der Waals surface area contributed by atoms with Gasteiger partial charge in [-0.1, -0.05) is 23.7 Å². The Morgan fingerprint density at radius 3 is 2.35 bits per heavy atom. The molecule has 0 saturated carbocycles. The quantitative estimate of drug-likeness (QED) is 0.337. The van der Waals surface area contributed by atoms with Gasteiger partial charge < -0.3 is 18.9 Å². The molecule has 1 N–H and O–H groups in total. The number of H-pyrrole nitrogens is 1. The summed E-state index contributed by atoms with van der Waals surface area (Å²) < 4.78 is 77.3. The van der Waals surface area contributed by atoms with Crippen LogP contribution in [0.1, 0.15) is 5.69 Å². The SMILES string of the molecule is COCC(Oc1ccccc1Oc1cc(-c2c(C(F)(F)F)n(C)c(=O)[nH]c2=O)c(F)cc1Cl)C(=O)OC. The van der Waals surface area contributed by atoms with E-state index in [2.05, 4.69) is 4.74 Å². The van der Waals surface area contributed by atoms with Crippen molar-refractivity contribution in [2.45, 2.75) is 12.3 Å². The molecule has 3 aromatic rings. The molecule has 0 fully saturated rings. The molecule has 0 aliphatic rings. The summed E-state index contributed by atoms with van der Waals surface area (Å²) in [5.74, 6) is -2.45. The van der Waals surface area contributed by atoms with Gasteiger partial charge in [-0.25, -0.2) is 14.0 Å². The number of para-hydroxylation sites is 2. The summed E-state index contributed by atoms with van der Waals surface area (Å²) in [7, 11) is 3.26. The average molecular weight is 547 g/mol. The van der Waals surface area contributed by atoms with Crippen molar-refractivity contribution in [3.05, 3.63) is 73.8 Å². The van der Waals surface area contributed by atoms with Crippen LogP contribution in [0, 0.1) is 5.82 Å². The van der Waals surface area contributed by atoms with Gasteiger partial charge in [-0.3, -0.25) is 14.3 Å². The first-order valence-electron chi connectivity index (χ1n) is 10.3. The molecule has 1 aromatic heterocycles. The van der Waals surface area contributed by atoms with Crippen molar-refractivity contribution < 1.29 is 41.3 Å². The van der Waals surface area contributed by atoms with Crippen molar-refractivity contribution in [3.63, 3.8) is 0 Å². The lowest BCUT2D eigenvalue weighted by molar-refractivity contribution is -0.151. The number of carbonyl (C=O) groups is 1. The van der Waals surface area contributed by atoms with Crippen LogP contribution in [0.25, 0.3) is 11.1 Å². The Bertz CT molecular complexity index is 1440. The molecule has 0 radical (unpaired) electrons. The molecule has 0 amide bonds.